The minimum atomic E-state index is -0.859. The number of aromatic nitrogens is 3. The molecule has 3 N–H and O–H groups in total. The molecule has 1 aliphatic rings. The highest BCUT2D eigenvalue weighted by atomic mass is 16.4. The normalized spacial score (nSPS) is 16.5. The van der Waals surface area contributed by atoms with Crippen LogP contribution >= 0.6 is 0 Å². The van der Waals surface area contributed by atoms with Gasteiger partial charge in [0.05, 0.1) is 5.41 Å². The van der Waals surface area contributed by atoms with Gasteiger partial charge in [-0.05, 0) is 12.8 Å². The highest BCUT2D eigenvalue weighted by molar-refractivity contribution is 5.91. The number of carbonyl (C=O) groups is 2. The van der Waals surface area contributed by atoms with Gasteiger partial charge in [0.25, 0.3) is 5.91 Å². The molecule has 0 aromatic carbocycles. The van der Waals surface area contributed by atoms with E-state index in [0.717, 1.165) is 0 Å². The Bertz CT molecular complexity index is 450. The van der Waals surface area contributed by atoms with Crippen molar-refractivity contribution in [2.75, 3.05) is 6.54 Å². The van der Waals surface area contributed by atoms with Crippen LogP contribution in [0.3, 0.4) is 0 Å². The van der Waals surface area contributed by atoms with E-state index in [2.05, 4.69) is 20.5 Å². The Morgan fingerprint density at radius 3 is 2.71 bits per heavy atom. The minimum Gasteiger partial charge on any atom is -0.481 e. The highest BCUT2D eigenvalue weighted by Gasteiger charge is 2.50. The van der Waals surface area contributed by atoms with E-state index in [1.54, 1.807) is 0 Å². The summed E-state index contributed by atoms with van der Waals surface area (Å²) in [5, 5.41) is 17.9. The van der Waals surface area contributed by atoms with Gasteiger partial charge in [-0.1, -0.05) is 6.92 Å². The summed E-state index contributed by atoms with van der Waals surface area (Å²) in [7, 11) is 0. The first-order valence-corrected chi connectivity index (χ1v) is 5.50. The molecule has 0 atom stereocenters. The molecule has 0 bridgehead atoms. The predicted molar refractivity (Wildman–Crippen MR) is 57.4 cm³/mol. The molecule has 0 spiro atoms. The fourth-order valence-corrected chi connectivity index (χ4v) is 1.50. The first-order chi connectivity index (χ1) is 8.07. The maximum absolute atomic E-state index is 11.6. The molecule has 92 valence electrons. The smallest absolute Gasteiger partial charge is 0.311 e. The summed E-state index contributed by atoms with van der Waals surface area (Å²) in [5.41, 5.74) is -0.764. The lowest BCUT2D eigenvalue weighted by Crippen LogP contribution is -2.34. The number of carboxylic acid groups (broad SMARTS) is 1. The number of carboxylic acids is 1. The summed E-state index contributed by atoms with van der Waals surface area (Å²) in [4.78, 5) is 26.5. The Balaban J connectivity index is 1.91. The van der Waals surface area contributed by atoms with Crippen LogP contribution in [0.25, 0.3) is 0 Å². The van der Waals surface area contributed by atoms with E-state index in [9.17, 15) is 9.59 Å². The number of aryl methyl sites for hydroxylation is 1. The second kappa shape index (κ2) is 4.15. The molecule has 0 aliphatic heterocycles. The van der Waals surface area contributed by atoms with Crippen LogP contribution in [0.2, 0.25) is 0 Å². The topological polar surface area (TPSA) is 108 Å². The van der Waals surface area contributed by atoms with Gasteiger partial charge in [0, 0.05) is 13.0 Å². The van der Waals surface area contributed by atoms with E-state index < -0.39 is 17.3 Å². The van der Waals surface area contributed by atoms with Crippen LogP contribution in [-0.4, -0.2) is 38.7 Å². The van der Waals surface area contributed by atoms with Crippen molar-refractivity contribution >= 4 is 11.9 Å². The first-order valence-electron chi connectivity index (χ1n) is 5.50. The van der Waals surface area contributed by atoms with Crippen LogP contribution in [0, 0.1) is 5.41 Å². The fourth-order valence-electron chi connectivity index (χ4n) is 1.50. The molecule has 1 aromatic heterocycles. The van der Waals surface area contributed by atoms with Crippen molar-refractivity contribution < 1.29 is 14.7 Å². The number of nitrogens with zero attached hydrogens (tertiary/aromatic N) is 2. The SMILES string of the molecule is CCc1nc(C(=O)NCC2(C(=O)O)CC2)n[nH]1. The van der Waals surface area contributed by atoms with Crippen molar-refractivity contribution in [3.8, 4) is 0 Å². The first kappa shape index (κ1) is 11.6. The Morgan fingerprint density at radius 2 is 2.24 bits per heavy atom. The van der Waals surface area contributed by atoms with Crippen molar-refractivity contribution in [1.82, 2.24) is 20.5 Å². The molecule has 17 heavy (non-hydrogen) atoms. The van der Waals surface area contributed by atoms with E-state index in [1.165, 1.54) is 0 Å². The molecule has 1 heterocycles. The van der Waals surface area contributed by atoms with Crippen molar-refractivity contribution in [3.05, 3.63) is 11.6 Å². The van der Waals surface area contributed by atoms with Gasteiger partial charge < -0.3 is 10.4 Å². The monoisotopic (exact) mass is 238 g/mol. The average Bonchev–Trinajstić information content (AvgIpc) is 2.96. The number of aromatic amines is 1. The van der Waals surface area contributed by atoms with E-state index in [1.807, 2.05) is 6.92 Å². The molecule has 7 nitrogen and oxygen atoms in total. The molecule has 0 unspecified atom stereocenters. The number of hydrogen-bond donors (Lipinski definition) is 3. The van der Waals surface area contributed by atoms with Gasteiger partial charge in [0.2, 0.25) is 5.82 Å². The van der Waals surface area contributed by atoms with Crippen molar-refractivity contribution in [2.45, 2.75) is 26.2 Å². The van der Waals surface area contributed by atoms with Crippen molar-refractivity contribution in [1.29, 1.82) is 0 Å². The summed E-state index contributed by atoms with van der Waals surface area (Å²) < 4.78 is 0. The summed E-state index contributed by atoms with van der Waals surface area (Å²) in [6.45, 7) is 2.03. The number of amides is 1. The van der Waals surface area contributed by atoms with Crippen LogP contribution in [0.5, 0.6) is 0 Å². The Labute approximate surface area is 97.6 Å². The van der Waals surface area contributed by atoms with E-state index in [0.29, 0.717) is 25.1 Å². The molecular formula is C10H14N4O3. The van der Waals surface area contributed by atoms with Crippen LogP contribution in [0.1, 0.15) is 36.2 Å². The molecule has 1 fully saturated rings. The number of nitrogens with one attached hydrogen (secondary N) is 2. The van der Waals surface area contributed by atoms with Gasteiger partial charge in [0.15, 0.2) is 0 Å². The minimum absolute atomic E-state index is 0.0584. The second-order valence-electron chi connectivity index (χ2n) is 4.23. The van der Waals surface area contributed by atoms with Gasteiger partial charge >= 0.3 is 5.97 Å². The number of H-pyrrole nitrogens is 1. The summed E-state index contributed by atoms with van der Waals surface area (Å²) in [6.07, 6.45) is 1.88. The summed E-state index contributed by atoms with van der Waals surface area (Å²) >= 11 is 0. The van der Waals surface area contributed by atoms with Crippen LogP contribution in [0.4, 0.5) is 0 Å². The third-order valence-electron chi connectivity index (χ3n) is 2.96. The Hall–Kier alpha value is -1.92. The van der Waals surface area contributed by atoms with E-state index in [4.69, 9.17) is 5.11 Å². The van der Waals surface area contributed by atoms with Gasteiger partial charge in [-0.25, -0.2) is 4.98 Å². The predicted octanol–water partition coefficient (Wildman–Crippen LogP) is -0.0383. The zero-order valence-electron chi connectivity index (χ0n) is 9.49. The lowest BCUT2D eigenvalue weighted by atomic mass is 10.1. The molecule has 0 radical (unpaired) electrons. The quantitative estimate of drug-likeness (QED) is 0.667. The van der Waals surface area contributed by atoms with Crippen LogP contribution in [-0.2, 0) is 11.2 Å². The van der Waals surface area contributed by atoms with Gasteiger partial charge in [-0.15, -0.1) is 5.10 Å². The maximum Gasteiger partial charge on any atom is 0.311 e. The number of rotatable bonds is 5. The number of aliphatic carboxylic acids is 1. The van der Waals surface area contributed by atoms with E-state index in [-0.39, 0.29) is 12.4 Å². The van der Waals surface area contributed by atoms with Crippen LogP contribution < -0.4 is 5.32 Å². The van der Waals surface area contributed by atoms with Gasteiger partial charge in [0.1, 0.15) is 5.82 Å². The molecule has 0 saturated heterocycles. The lowest BCUT2D eigenvalue weighted by Gasteiger charge is -2.09. The van der Waals surface area contributed by atoms with Crippen molar-refractivity contribution in [2.24, 2.45) is 5.41 Å². The average molecular weight is 238 g/mol. The Kier molecular flexibility index (Phi) is 2.83. The molecule has 1 aromatic rings. The molecule has 1 aliphatic carbocycles. The summed E-state index contributed by atoms with van der Waals surface area (Å²) in [6, 6.07) is 0. The highest BCUT2D eigenvalue weighted by Crippen LogP contribution is 2.45. The largest absolute Gasteiger partial charge is 0.481 e. The van der Waals surface area contributed by atoms with Gasteiger partial charge in [-0.3, -0.25) is 14.7 Å². The molecule has 2 rings (SSSR count). The van der Waals surface area contributed by atoms with Crippen LogP contribution in [0.15, 0.2) is 0 Å². The van der Waals surface area contributed by atoms with Gasteiger partial charge in [-0.2, -0.15) is 0 Å². The maximum atomic E-state index is 11.6. The second-order valence-corrected chi connectivity index (χ2v) is 4.23. The summed E-state index contributed by atoms with van der Waals surface area (Å²) in [5.74, 6) is -0.604. The third-order valence-corrected chi connectivity index (χ3v) is 2.96. The standard InChI is InChI=1S/C10H14N4O3/c1-2-6-12-7(14-13-6)8(15)11-5-10(3-4-10)9(16)17/h2-5H2,1H3,(H,11,15)(H,16,17)(H,12,13,14). The zero-order valence-corrected chi connectivity index (χ0v) is 9.49. The molecular weight excluding hydrogens is 224 g/mol. The number of carbonyl (C=O) groups excluding carboxylic acids is 1. The molecule has 1 amide bonds. The Morgan fingerprint density at radius 1 is 1.53 bits per heavy atom. The lowest BCUT2D eigenvalue weighted by molar-refractivity contribution is -0.143. The molecule has 1 saturated carbocycles. The third kappa shape index (κ3) is 2.27. The number of hydrogen-bond acceptors (Lipinski definition) is 4. The van der Waals surface area contributed by atoms with Crippen molar-refractivity contribution in [3.63, 3.8) is 0 Å². The fraction of sp³-hybridized carbons (Fsp3) is 0.600. The van der Waals surface area contributed by atoms with E-state index >= 15 is 0 Å². The molecule has 7 heteroatoms. The zero-order chi connectivity index (χ0) is 12.5.